The Morgan fingerprint density at radius 3 is 2.65 bits per heavy atom. The van der Waals surface area contributed by atoms with Gasteiger partial charge in [-0.25, -0.2) is 9.59 Å². The molecule has 20 heavy (non-hydrogen) atoms. The van der Waals surface area contributed by atoms with E-state index in [0.717, 1.165) is 11.6 Å². The van der Waals surface area contributed by atoms with Crippen LogP contribution >= 0.6 is 0 Å². The Morgan fingerprint density at radius 1 is 1.30 bits per heavy atom. The molecule has 0 spiro atoms. The first-order valence-electron chi connectivity index (χ1n) is 6.03. The number of hydrogen-bond donors (Lipinski definition) is 2. The van der Waals surface area contributed by atoms with Crippen molar-refractivity contribution in [1.29, 1.82) is 0 Å². The van der Waals surface area contributed by atoms with E-state index in [0.29, 0.717) is 17.9 Å². The van der Waals surface area contributed by atoms with Crippen molar-refractivity contribution in [3.8, 4) is 11.5 Å². The van der Waals surface area contributed by atoms with Crippen LogP contribution in [-0.4, -0.2) is 28.9 Å². The van der Waals surface area contributed by atoms with E-state index >= 15 is 0 Å². The van der Waals surface area contributed by atoms with E-state index in [1.165, 1.54) is 0 Å². The predicted octanol–water partition coefficient (Wildman–Crippen LogP) is 1.69. The van der Waals surface area contributed by atoms with Gasteiger partial charge in [-0.1, -0.05) is 13.0 Å². The standard InChI is InChI=1S/C14H14O6/c1-8(10(14(17)18)6-13(15)16)4-9-2-3-11-12(5-9)20-7-19-11/h2-3,5-6,8H,4,7H2,1H3,(H,15,16)(H,17,18)/b10-6-. The summed E-state index contributed by atoms with van der Waals surface area (Å²) in [6.07, 6.45) is 1.14. The minimum absolute atomic E-state index is 0.129. The largest absolute Gasteiger partial charge is 0.478 e. The van der Waals surface area contributed by atoms with Crippen LogP contribution in [0.25, 0.3) is 0 Å². The van der Waals surface area contributed by atoms with Crippen molar-refractivity contribution in [2.24, 2.45) is 5.92 Å². The molecule has 6 heteroatoms. The molecule has 1 atom stereocenters. The molecule has 0 bridgehead atoms. The van der Waals surface area contributed by atoms with Crippen LogP contribution in [0.3, 0.4) is 0 Å². The fraction of sp³-hybridized carbons (Fsp3) is 0.286. The summed E-state index contributed by atoms with van der Waals surface area (Å²) in [5, 5.41) is 17.7. The Labute approximate surface area is 115 Å². The minimum Gasteiger partial charge on any atom is -0.478 e. The molecule has 2 rings (SSSR count). The van der Waals surface area contributed by atoms with Crippen molar-refractivity contribution in [2.45, 2.75) is 13.3 Å². The number of benzene rings is 1. The van der Waals surface area contributed by atoms with Gasteiger partial charge in [-0.15, -0.1) is 0 Å². The maximum absolute atomic E-state index is 11.1. The molecule has 1 heterocycles. The number of fused-ring (bicyclic) bond motifs is 1. The number of rotatable bonds is 5. The van der Waals surface area contributed by atoms with E-state index in [-0.39, 0.29) is 12.4 Å². The third kappa shape index (κ3) is 3.09. The van der Waals surface area contributed by atoms with Crippen molar-refractivity contribution in [1.82, 2.24) is 0 Å². The van der Waals surface area contributed by atoms with Crippen molar-refractivity contribution in [3.05, 3.63) is 35.4 Å². The number of ether oxygens (including phenoxy) is 2. The Morgan fingerprint density at radius 2 is 2.00 bits per heavy atom. The molecule has 106 valence electrons. The first-order valence-corrected chi connectivity index (χ1v) is 6.03. The third-order valence-corrected chi connectivity index (χ3v) is 3.04. The normalized spacial score (nSPS) is 14.9. The van der Waals surface area contributed by atoms with Gasteiger partial charge in [-0.3, -0.25) is 0 Å². The maximum Gasteiger partial charge on any atom is 0.332 e. The zero-order valence-electron chi connectivity index (χ0n) is 10.8. The van der Waals surface area contributed by atoms with Gasteiger partial charge in [0.2, 0.25) is 6.79 Å². The van der Waals surface area contributed by atoms with Crippen LogP contribution in [0.1, 0.15) is 12.5 Å². The van der Waals surface area contributed by atoms with Gasteiger partial charge in [0.05, 0.1) is 0 Å². The molecule has 1 aliphatic rings. The van der Waals surface area contributed by atoms with E-state index in [2.05, 4.69) is 0 Å². The third-order valence-electron chi connectivity index (χ3n) is 3.04. The van der Waals surface area contributed by atoms with Crippen molar-refractivity contribution < 1.29 is 29.3 Å². The monoisotopic (exact) mass is 278 g/mol. The average molecular weight is 278 g/mol. The highest BCUT2D eigenvalue weighted by molar-refractivity contribution is 5.95. The summed E-state index contributed by atoms with van der Waals surface area (Å²) in [4.78, 5) is 21.7. The van der Waals surface area contributed by atoms with Gasteiger partial charge in [-0.05, 0) is 30.0 Å². The van der Waals surface area contributed by atoms with Gasteiger partial charge in [0.1, 0.15) is 0 Å². The maximum atomic E-state index is 11.1. The number of aliphatic carboxylic acids is 2. The second-order valence-corrected chi connectivity index (χ2v) is 4.54. The minimum atomic E-state index is -1.26. The Bertz CT molecular complexity index is 575. The topological polar surface area (TPSA) is 93.1 Å². The van der Waals surface area contributed by atoms with E-state index in [1.54, 1.807) is 19.1 Å². The van der Waals surface area contributed by atoms with E-state index in [1.807, 2.05) is 6.07 Å². The van der Waals surface area contributed by atoms with E-state index in [9.17, 15) is 9.59 Å². The van der Waals surface area contributed by atoms with Crippen LogP contribution in [0, 0.1) is 5.92 Å². The Hall–Kier alpha value is -2.50. The lowest BCUT2D eigenvalue weighted by Crippen LogP contribution is -2.14. The van der Waals surface area contributed by atoms with Crippen molar-refractivity contribution in [2.75, 3.05) is 6.79 Å². The Kier molecular flexibility index (Phi) is 3.93. The first-order chi connectivity index (χ1) is 9.47. The highest BCUT2D eigenvalue weighted by Gasteiger charge is 2.20. The highest BCUT2D eigenvalue weighted by Crippen LogP contribution is 2.33. The molecule has 1 aromatic rings. The first kappa shape index (κ1) is 13.9. The van der Waals surface area contributed by atoms with Gasteiger partial charge in [0, 0.05) is 11.6 Å². The molecule has 2 N–H and O–H groups in total. The van der Waals surface area contributed by atoms with Crippen LogP contribution in [0.5, 0.6) is 11.5 Å². The summed E-state index contributed by atoms with van der Waals surface area (Å²) in [6.45, 7) is 1.85. The predicted molar refractivity (Wildman–Crippen MR) is 68.8 cm³/mol. The lowest BCUT2D eigenvalue weighted by atomic mass is 9.93. The second-order valence-electron chi connectivity index (χ2n) is 4.54. The summed E-state index contributed by atoms with van der Waals surface area (Å²) in [5.41, 5.74) is 0.731. The Balaban J connectivity index is 2.16. The fourth-order valence-corrected chi connectivity index (χ4v) is 2.08. The molecule has 0 amide bonds. The molecular formula is C14H14O6. The molecule has 1 aliphatic heterocycles. The zero-order chi connectivity index (χ0) is 14.7. The lowest BCUT2D eigenvalue weighted by Gasteiger charge is -2.12. The smallest absolute Gasteiger partial charge is 0.332 e. The summed E-state index contributed by atoms with van der Waals surface area (Å²) in [7, 11) is 0. The SMILES string of the molecule is CC(Cc1ccc2c(c1)OCO2)/C(=C/C(=O)O)C(=O)O. The summed E-state index contributed by atoms with van der Waals surface area (Å²) in [6, 6.07) is 5.34. The summed E-state index contributed by atoms with van der Waals surface area (Å²) in [5.74, 6) is -1.64. The molecule has 0 saturated heterocycles. The van der Waals surface area contributed by atoms with Gasteiger partial charge < -0.3 is 19.7 Å². The molecule has 0 saturated carbocycles. The lowest BCUT2D eigenvalue weighted by molar-refractivity contribution is -0.135. The fourth-order valence-electron chi connectivity index (χ4n) is 2.08. The van der Waals surface area contributed by atoms with Crippen LogP contribution in [0.4, 0.5) is 0 Å². The van der Waals surface area contributed by atoms with Gasteiger partial charge in [0.15, 0.2) is 11.5 Å². The average Bonchev–Trinajstić information content (AvgIpc) is 2.82. The van der Waals surface area contributed by atoms with Gasteiger partial charge in [0.25, 0.3) is 0 Å². The summed E-state index contributed by atoms with van der Waals surface area (Å²) >= 11 is 0. The van der Waals surface area contributed by atoms with E-state index in [4.69, 9.17) is 19.7 Å². The number of carbonyl (C=O) groups is 2. The van der Waals surface area contributed by atoms with E-state index < -0.39 is 17.9 Å². The van der Waals surface area contributed by atoms with Crippen LogP contribution in [-0.2, 0) is 16.0 Å². The van der Waals surface area contributed by atoms with Crippen LogP contribution in [0.2, 0.25) is 0 Å². The number of hydrogen-bond acceptors (Lipinski definition) is 4. The van der Waals surface area contributed by atoms with Crippen LogP contribution in [0.15, 0.2) is 29.8 Å². The number of carboxylic acids is 2. The van der Waals surface area contributed by atoms with Gasteiger partial charge in [-0.2, -0.15) is 0 Å². The second kappa shape index (κ2) is 5.64. The zero-order valence-corrected chi connectivity index (χ0v) is 10.8. The molecule has 0 aliphatic carbocycles. The highest BCUT2D eigenvalue weighted by atomic mass is 16.7. The van der Waals surface area contributed by atoms with Crippen molar-refractivity contribution in [3.63, 3.8) is 0 Å². The molecule has 0 aromatic heterocycles. The van der Waals surface area contributed by atoms with Gasteiger partial charge >= 0.3 is 11.9 Å². The molecular weight excluding hydrogens is 264 g/mol. The quantitative estimate of drug-likeness (QED) is 0.796. The van der Waals surface area contributed by atoms with Crippen molar-refractivity contribution >= 4 is 11.9 Å². The molecule has 1 unspecified atom stereocenters. The molecule has 0 radical (unpaired) electrons. The summed E-state index contributed by atoms with van der Waals surface area (Å²) < 4.78 is 10.4. The van der Waals surface area contributed by atoms with Crippen LogP contribution < -0.4 is 9.47 Å². The number of carboxylic acid groups (broad SMARTS) is 2. The molecule has 1 aromatic carbocycles. The molecule has 6 nitrogen and oxygen atoms in total. The molecule has 0 fully saturated rings.